The lowest BCUT2D eigenvalue weighted by Crippen LogP contribution is -2.49. The van der Waals surface area contributed by atoms with Crippen LogP contribution in [0.1, 0.15) is 44.9 Å². The van der Waals surface area contributed by atoms with E-state index in [1.807, 2.05) is 0 Å². The molecule has 3 aliphatic carbocycles. The number of imide groups is 1. The molecule has 6 nitrogen and oxygen atoms in total. The molecular formula is C28H36N4O2S. The molecule has 7 rings (SSSR count). The third kappa shape index (κ3) is 3.72. The Morgan fingerprint density at radius 3 is 2.20 bits per heavy atom. The Balaban J connectivity index is 0.986. The third-order valence-electron chi connectivity index (χ3n) is 10.0. The first-order chi connectivity index (χ1) is 17.2. The van der Waals surface area contributed by atoms with Gasteiger partial charge in [-0.05, 0) is 79.4 Å². The smallest absolute Gasteiger partial charge is 0.233 e. The zero-order valence-corrected chi connectivity index (χ0v) is 21.3. The molecule has 2 amide bonds. The molecule has 2 aromatic rings. The van der Waals surface area contributed by atoms with E-state index in [9.17, 15) is 9.59 Å². The van der Waals surface area contributed by atoms with Crippen LogP contribution in [0.3, 0.4) is 0 Å². The van der Waals surface area contributed by atoms with E-state index < -0.39 is 0 Å². The number of amides is 2. The highest BCUT2D eigenvalue weighted by Gasteiger charge is 2.61. The summed E-state index contributed by atoms with van der Waals surface area (Å²) < 4.78 is 6.02. The minimum absolute atomic E-state index is 0.0261. The topological polar surface area (TPSA) is 56.8 Å². The van der Waals surface area contributed by atoms with E-state index in [-0.39, 0.29) is 23.7 Å². The van der Waals surface area contributed by atoms with Crippen molar-refractivity contribution >= 4 is 39.3 Å². The molecule has 3 heterocycles. The van der Waals surface area contributed by atoms with Crippen molar-refractivity contribution < 1.29 is 9.59 Å². The number of benzene rings is 1. The fraction of sp³-hybridized carbons (Fsp3) is 0.679. The molecule has 5 fully saturated rings. The molecule has 35 heavy (non-hydrogen) atoms. The molecule has 186 valence electrons. The Labute approximate surface area is 211 Å². The number of carbonyl (C=O) groups excluding carboxylic acids is 2. The zero-order valence-electron chi connectivity index (χ0n) is 20.5. The number of hydrogen-bond acceptors (Lipinski definition) is 6. The Kier molecular flexibility index (Phi) is 5.61. The molecule has 0 N–H and O–H groups in total. The molecular weight excluding hydrogens is 456 g/mol. The average molecular weight is 493 g/mol. The van der Waals surface area contributed by atoms with Gasteiger partial charge in [0.1, 0.15) is 5.82 Å². The van der Waals surface area contributed by atoms with E-state index >= 15 is 0 Å². The van der Waals surface area contributed by atoms with Crippen molar-refractivity contribution in [2.45, 2.75) is 44.9 Å². The number of fused-ring (bicyclic) bond motifs is 6. The van der Waals surface area contributed by atoms with E-state index in [0.29, 0.717) is 30.2 Å². The standard InChI is InChI=1S/C28H36N4O2S/c33-27-24-18-9-10-19(15-18)25(24)28(34)32(27)17-21-6-2-1-5-20(21)16-30-11-13-31(14-12-30)26-22-7-3-4-8-23(22)35-29-26/h3-4,7-8,18-21,24-25H,1-2,5-6,9-17H2/t18-,19?,20-,21?,24+,25-/m0/s1. The lowest BCUT2D eigenvalue weighted by Gasteiger charge is -2.40. The summed E-state index contributed by atoms with van der Waals surface area (Å²) in [7, 11) is 0. The predicted octanol–water partition coefficient (Wildman–Crippen LogP) is 4.26. The van der Waals surface area contributed by atoms with Crippen molar-refractivity contribution in [1.82, 2.24) is 14.2 Å². The third-order valence-corrected chi connectivity index (χ3v) is 10.8. The number of likely N-dealkylation sites (tertiary alicyclic amines) is 1. The number of nitrogens with zero attached hydrogens (tertiary/aromatic N) is 4. The summed E-state index contributed by atoms with van der Waals surface area (Å²) in [4.78, 5) is 33.4. The number of piperazine rings is 1. The minimum atomic E-state index is 0.0261. The molecule has 1 aromatic carbocycles. The summed E-state index contributed by atoms with van der Waals surface area (Å²) in [6, 6.07) is 8.54. The second-order valence-electron chi connectivity index (χ2n) is 11.8. The molecule has 0 spiro atoms. The normalized spacial score (nSPS) is 35.4. The van der Waals surface area contributed by atoms with Crippen LogP contribution in [-0.4, -0.2) is 65.3 Å². The maximum Gasteiger partial charge on any atom is 0.233 e. The van der Waals surface area contributed by atoms with Crippen LogP contribution in [0.5, 0.6) is 0 Å². The molecule has 2 aliphatic heterocycles. The van der Waals surface area contributed by atoms with Crippen molar-refractivity contribution in [3.05, 3.63) is 24.3 Å². The summed E-state index contributed by atoms with van der Waals surface area (Å²) in [5.41, 5.74) is 0. The molecule has 2 bridgehead atoms. The summed E-state index contributed by atoms with van der Waals surface area (Å²) in [5, 5.41) is 1.27. The lowest BCUT2D eigenvalue weighted by atomic mass is 9.78. The van der Waals surface area contributed by atoms with Crippen LogP contribution in [0.25, 0.3) is 10.1 Å². The van der Waals surface area contributed by atoms with Gasteiger partial charge in [0.2, 0.25) is 11.8 Å². The molecule has 1 aromatic heterocycles. The number of carbonyl (C=O) groups is 2. The van der Waals surface area contributed by atoms with Crippen LogP contribution in [0.4, 0.5) is 5.82 Å². The minimum Gasteiger partial charge on any atom is -0.353 e. The molecule has 2 unspecified atom stereocenters. The van der Waals surface area contributed by atoms with Gasteiger partial charge in [0.25, 0.3) is 0 Å². The van der Waals surface area contributed by atoms with Crippen LogP contribution in [-0.2, 0) is 9.59 Å². The summed E-state index contributed by atoms with van der Waals surface area (Å²) in [6.07, 6.45) is 8.35. The SMILES string of the molecule is O=C1[C@@H]2[C@H]3CCC(C3)[C@@H]2C(=O)N1CC1CCCC[C@H]1CN1CCN(c2nsc3ccccc23)CC1. The van der Waals surface area contributed by atoms with E-state index in [1.165, 1.54) is 29.3 Å². The first kappa shape index (κ1) is 22.2. The van der Waals surface area contributed by atoms with E-state index in [4.69, 9.17) is 4.37 Å². The monoisotopic (exact) mass is 492 g/mol. The lowest BCUT2D eigenvalue weighted by molar-refractivity contribution is -0.142. The zero-order chi connectivity index (χ0) is 23.5. The Morgan fingerprint density at radius 2 is 1.49 bits per heavy atom. The van der Waals surface area contributed by atoms with Crippen molar-refractivity contribution in [2.75, 3.05) is 44.2 Å². The second-order valence-corrected chi connectivity index (χ2v) is 12.6. The molecule has 0 radical (unpaired) electrons. The van der Waals surface area contributed by atoms with Crippen molar-refractivity contribution in [2.24, 2.45) is 35.5 Å². The van der Waals surface area contributed by atoms with Crippen LogP contribution >= 0.6 is 11.5 Å². The van der Waals surface area contributed by atoms with Gasteiger partial charge in [-0.25, -0.2) is 0 Å². The van der Waals surface area contributed by atoms with Crippen molar-refractivity contribution in [3.63, 3.8) is 0 Å². The fourth-order valence-electron chi connectivity index (χ4n) is 8.22. The number of rotatable bonds is 5. The van der Waals surface area contributed by atoms with Crippen LogP contribution in [0, 0.1) is 35.5 Å². The molecule has 6 atom stereocenters. The molecule has 3 saturated carbocycles. The Hall–Kier alpha value is -1.99. The van der Waals surface area contributed by atoms with Crippen molar-refractivity contribution in [1.29, 1.82) is 0 Å². The Morgan fingerprint density at radius 1 is 0.829 bits per heavy atom. The van der Waals surface area contributed by atoms with Gasteiger partial charge in [-0.3, -0.25) is 19.4 Å². The molecule has 2 saturated heterocycles. The summed E-state index contributed by atoms with van der Waals surface area (Å²) in [5.74, 6) is 3.59. The van der Waals surface area contributed by atoms with Gasteiger partial charge in [0, 0.05) is 44.7 Å². The first-order valence-electron chi connectivity index (χ1n) is 13.8. The first-order valence-corrected chi connectivity index (χ1v) is 14.6. The maximum absolute atomic E-state index is 13.3. The second kappa shape index (κ2) is 8.84. The highest BCUT2D eigenvalue weighted by Crippen LogP contribution is 2.56. The van der Waals surface area contributed by atoms with E-state index in [2.05, 4.69) is 34.1 Å². The van der Waals surface area contributed by atoms with Gasteiger partial charge in [-0.15, -0.1) is 0 Å². The van der Waals surface area contributed by atoms with Gasteiger partial charge in [-0.2, -0.15) is 4.37 Å². The highest BCUT2D eigenvalue weighted by molar-refractivity contribution is 7.13. The largest absolute Gasteiger partial charge is 0.353 e. The van der Waals surface area contributed by atoms with Gasteiger partial charge < -0.3 is 4.90 Å². The number of anilines is 1. The number of hydrogen-bond donors (Lipinski definition) is 0. The molecule has 5 aliphatic rings. The average Bonchev–Trinajstić information content (AvgIpc) is 3.66. The van der Waals surface area contributed by atoms with E-state index in [1.54, 1.807) is 16.4 Å². The van der Waals surface area contributed by atoms with Crippen LogP contribution < -0.4 is 4.90 Å². The van der Waals surface area contributed by atoms with Crippen LogP contribution in [0.2, 0.25) is 0 Å². The maximum atomic E-state index is 13.3. The van der Waals surface area contributed by atoms with Gasteiger partial charge in [0.05, 0.1) is 16.5 Å². The Bertz CT molecular complexity index is 1100. The summed E-state index contributed by atoms with van der Waals surface area (Å²) in [6.45, 7) is 5.93. The van der Waals surface area contributed by atoms with Gasteiger partial charge >= 0.3 is 0 Å². The van der Waals surface area contributed by atoms with Crippen LogP contribution in [0.15, 0.2) is 24.3 Å². The van der Waals surface area contributed by atoms with E-state index in [0.717, 1.165) is 64.2 Å². The van der Waals surface area contributed by atoms with Gasteiger partial charge in [0.15, 0.2) is 0 Å². The highest BCUT2D eigenvalue weighted by atomic mass is 32.1. The quantitative estimate of drug-likeness (QED) is 0.584. The number of aromatic nitrogens is 1. The van der Waals surface area contributed by atoms with Crippen molar-refractivity contribution in [3.8, 4) is 0 Å². The predicted molar refractivity (Wildman–Crippen MR) is 138 cm³/mol. The summed E-state index contributed by atoms with van der Waals surface area (Å²) >= 11 is 1.60. The fourth-order valence-corrected chi connectivity index (χ4v) is 9.02. The van der Waals surface area contributed by atoms with Gasteiger partial charge in [-0.1, -0.05) is 25.0 Å². The molecule has 7 heteroatoms.